The minimum Gasteiger partial charge on any atom is -0.385 e. The zero-order valence-corrected chi connectivity index (χ0v) is 11.8. The fourth-order valence-corrected chi connectivity index (χ4v) is 2.08. The molecular formula is C14H21F3N2O. The number of hydrogen-bond donors (Lipinski definition) is 1. The Labute approximate surface area is 117 Å². The summed E-state index contributed by atoms with van der Waals surface area (Å²) in [5.74, 6) is 0. The molecule has 0 saturated heterocycles. The van der Waals surface area contributed by atoms with E-state index in [1.165, 1.54) is 12.1 Å². The van der Waals surface area contributed by atoms with Gasteiger partial charge in [0.1, 0.15) is 0 Å². The van der Waals surface area contributed by atoms with Crippen LogP contribution >= 0.6 is 0 Å². The SMILES string of the molecule is COCCCN(C)CC(N)c1ccccc1C(F)(F)F. The molecular weight excluding hydrogens is 269 g/mol. The molecule has 0 aromatic heterocycles. The number of rotatable bonds is 7. The molecule has 0 spiro atoms. The largest absolute Gasteiger partial charge is 0.416 e. The van der Waals surface area contributed by atoms with Gasteiger partial charge in [0.2, 0.25) is 0 Å². The lowest BCUT2D eigenvalue weighted by atomic mass is 10.00. The molecule has 2 N–H and O–H groups in total. The molecule has 0 radical (unpaired) electrons. The predicted octanol–water partition coefficient (Wildman–Crippen LogP) is 2.67. The molecule has 0 saturated carbocycles. The van der Waals surface area contributed by atoms with Crippen LogP contribution in [0.3, 0.4) is 0 Å². The maximum atomic E-state index is 12.9. The van der Waals surface area contributed by atoms with Crippen LogP contribution in [0.2, 0.25) is 0 Å². The Hall–Kier alpha value is -1.11. The Bertz CT molecular complexity index is 410. The van der Waals surface area contributed by atoms with Crippen molar-refractivity contribution in [1.29, 1.82) is 0 Å². The number of nitrogens with two attached hydrogens (primary N) is 1. The summed E-state index contributed by atoms with van der Waals surface area (Å²) in [6.07, 6.45) is -3.55. The van der Waals surface area contributed by atoms with Gasteiger partial charge in [-0.1, -0.05) is 18.2 Å². The summed E-state index contributed by atoms with van der Waals surface area (Å²) in [4.78, 5) is 1.91. The summed E-state index contributed by atoms with van der Waals surface area (Å²) in [6, 6.07) is 4.80. The Morgan fingerprint density at radius 1 is 1.30 bits per heavy atom. The molecule has 1 rings (SSSR count). The molecule has 1 unspecified atom stereocenters. The number of ether oxygens (including phenoxy) is 1. The number of alkyl halides is 3. The monoisotopic (exact) mass is 290 g/mol. The van der Waals surface area contributed by atoms with Crippen LogP contribution in [0.1, 0.15) is 23.6 Å². The van der Waals surface area contributed by atoms with Crippen molar-refractivity contribution in [2.75, 3.05) is 33.9 Å². The highest BCUT2D eigenvalue weighted by atomic mass is 19.4. The summed E-state index contributed by atoms with van der Waals surface area (Å²) < 4.78 is 43.7. The van der Waals surface area contributed by atoms with Gasteiger partial charge < -0.3 is 15.4 Å². The highest BCUT2D eigenvalue weighted by Crippen LogP contribution is 2.34. The molecule has 0 fully saturated rings. The molecule has 6 heteroatoms. The standard InChI is InChI=1S/C14H21F3N2O/c1-19(8-5-9-20-2)10-13(18)11-6-3-4-7-12(11)14(15,16)17/h3-4,6-7,13H,5,8-10,18H2,1-2H3. The quantitative estimate of drug-likeness (QED) is 0.785. The second-order valence-corrected chi connectivity index (χ2v) is 4.80. The second-order valence-electron chi connectivity index (χ2n) is 4.80. The van der Waals surface area contributed by atoms with Crippen molar-refractivity contribution < 1.29 is 17.9 Å². The molecule has 0 aliphatic rings. The van der Waals surface area contributed by atoms with Crippen LogP contribution in [-0.2, 0) is 10.9 Å². The van der Waals surface area contributed by atoms with Crippen LogP contribution in [0.15, 0.2) is 24.3 Å². The lowest BCUT2D eigenvalue weighted by Crippen LogP contribution is -2.31. The predicted molar refractivity (Wildman–Crippen MR) is 72.4 cm³/mol. The Balaban J connectivity index is 2.70. The summed E-state index contributed by atoms with van der Waals surface area (Å²) in [6.45, 7) is 1.73. The molecule has 3 nitrogen and oxygen atoms in total. The van der Waals surface area contributed by atoms with Gasteiger partial charge in [0.25, 0.3) is 0 Å². The van der Waals surface area contributed by atoms with E-state index >= 15 is 0 Å². The van der Waals surface area contributed by atoms with Crippen molar-refractivity contribution in [3.63, 3.8) is 0 Å². The molecule has 1 aromatic carbocycles. The highest BCUT2D eigenvalue weighted by Gasteiger charge is 2.34. The van der Waals surface area contributed by atoms with Gasteiger partial charge in [-0.25, -0.2) is 0 Å². The van der Waals surface area contributed by atoms with Gasteiger partial charge in [0.05, 0.1) is 5.56 Å². The number of halogens is 3. The van der Waals surface area contributed by atoms with Gasteiger partial charge >= 0.3 is 6.18 Å². The van der Waals surface area contributed by atoms with E-state index in [9.17, 15) is 13.2 Å². The first-order valence-electron chi connectivity index (χ1n) is 6.45. The summed E-state index contributed by atoms with van der Waals surface area (Å²) in [5.41, 5.74) is 5.41. The maximum Gasteiger partial charge on any atom is 0.416 e. The minimum absolute atomic E-state index is 0.138. The van der Waals surface area contributed by atoms with E-state index in [1.807, 2.05) is 11.9 Å². The molecule has 0 aliphatic heterocycles. The first-order chi connectivity index (χ1) is 9.36. The Morgan fingerprint density at radius 2 is 1.95 bits per heavy atom. The third kappa shape index (κ3) is 5.11. The number of benzene rings is 1. The summed E-state index contributed by atoms with van der Waals surface area (Å²) in [7, 11) is 3.46. The van der Waals surface area contributed by atoms with Crippen molar-refractivity contribution in [1.82, 2.24) is 4.90 Å². The van der Waals surface area contributed by atoms with E-state index < -0.39 is 17.8 Å². The van der Waals surface area contributed by atoms with Gasteiger partial charge in [0, 0.05) is 32.8 Å². The lowest BCUT2D eigenvalue weighted by molar-refractivity contribution is -0.138. The van der Waals surface area contributed by atoms with Crippen LogP contribution in [0.4, 0.5) is 13.2 Å². The van der Waals surface area contributed by atoms with Crippen molar-refractivity contribution in [2.24, 2.45) is 5.73 Å². The first kappa shape index (κ1) is 16.9. The van der Waals surface area contributed by atoms with Gasteiger partial charge in [-0.05, 0) is 25.1 Å². The van der Waals surface area contributed by atoms with Gasteiger partial charge in [0.15, 0.2) is 0 Å². The Kier molecular flexibility index (Phi) is 6.45. The molecule has 0 amide bonds. The van der Waals surface area contributed by atoms with Gasteiger partial charge in [-0.15, -0.1) is 0 Å². The zero-order chi connectivity index (χ0) is 15.2. The van der Waals surface area contributed by atoms with E-state index in [2.05, 4.69) is 0 Å². The second kappa shape index (κ2) is 7.61. The average Bonchev–Trinajstić information content (AvgIpc) is 2.38. The topological polar surface area (TPSA) is 38.5 Å². The maximum absolute atomic E-state index is 12.9. The summed E-state index contributed by atoms with van der Waals surface area (Å²) >= 11 is 0. The number of likely N-dealkylation sites (N-methyl/N-ethyl adjacent to an activating group) is 1. The third-order valence-electron chi connectivity index (χ3n) is 3.06. The fourth-order valence-electron chi connectivity index (χ4n) is 2.08. The molecule has 20 heavy (non-hydrogen) atoms. The lowest BCUT2D eigenvalue weighted by Gasteiger charge is -2.23. The molecule has 0 aliphatic carbocycles. The fraction of sp³-hybridized carbons (Fsp3) is 0.571. The van der Waals surface area contributed by atoms with E-state index in [0.717, 1.165) is 19.0 Å². The molecule has 0 bridgehead atoms. The van der Waals surface area contributed by atoms with Gasteiger partial charge in [-0.2, -0.15) is 13.2 Å². The van der Waals surface area contributed by atoms with Crippen LogP contribution in [-0.4, -0.2) is 38.8 Å². The molecule has 0 heterocycles. The third-order valence-corrected chi connectivity index (χ3v) is 3.06. The molecule has 1 atom stereocenters. The van der Waals surface area contributed by atoms with Crippen molar-refractivity contribution >= 4 is 0 Å². The number of methoxy groups -OCH3 is 1. The van der Waals surface area contributed by atoms with E-state index in [-0.39, 0.29) is 5.56 Å². The first-order valence-corrected chi connectivity index (χ1v) is 6.45. The number of nitrogens with zero attached hydrogens (tertiary/aromatic N) is 1. The van der Waals surface area contributed by atoms with E-state index in [0.29, 0.717) is 13.2 Å². The number of hydrogen-bond acceptors (Lipinski definition) is 3. The van der Waals surface area contributed by atoms with Crippen molar-refractivity contribution in [3.8, 4) is 0 Å². The Morgan fingerprint density at radius 3 is 2.55 bits per heavy atom. The van der Waals surface area contributed by atoms with Crippen LogP contribution in [0, 0.1) is 0 Å². The van der Waals surface area contributed by atoms with Crippen LogP contribution in [0.5, 0.6) is 0 Å². The normalized spacial score (nSPS) is 13.8. The van der Waals surface area contributed by atoms with Gasteiger partial charge in [-0.3, -0.25) is 0 Å². The smallest absolute Gasteiger partial charge is 0.385 e. The van der Waals surface area contributed by atoms with Crippen LogP contribution < -0.4 is 5.73 Å². The molecule has 1 aromatic rings. The molecule has 114 valence electrons. The average molecular weight is 290 g/mol. The zero-order valence-electron chi connectivity index (χ0n) is 11.8. The summed E-state index contributed by atoms with van der Waals surface area (Å²) in [5, 5.41) is 0. The van der Waals surface area contributed by atoms with Crippen molar-refractivity contribution in [2.45, 2.75) is 18.6 Å². The van der Waals surface area contributed by atoms with E-state index in [4.69, 9.17) is 10.5 Å². The van der Waals surface area contributed by atoms with E-state index in [1.54, 1.807) is 13.2 Å². The van der Waals surface area contributed by atoms with Crippen molar-refractivity contribution in [3.05, 3.63) is 35.4 Å². The minimum atomic E-state index is -4.37. The van der Waals surface area contributed by atoms with Crippen LogP contribution in [0.25, 0.3) is 0 Å². The highest BCUT2D eigenvalue weighted by molar-refractivity contribution is 5.32.